The Labute approximate surface area is 122 Å². The number of aromatic nitrogens is 1. The molecule has 0 spiro atoms. The van der Waals surface area contributed by atoms with Gasteiger partial charge < -0.3 is 9.47 Å². The van der Waals surface area contributed by atoms with Crippen LogP contribution in [0.4, 0.5) is 0 Å². The van der Waals surface area contributed by atoms with Crippen molar-refractivity contribution in [1.29, 1.82) is 0 Å². The van der Waals surface area contributed by atoms with Crippen LogP contribution in [0.15, 0.2) is 60.8 Å². The highest BCUT2D eigenvalue weighted by atomic mass is 16.6. The number of hydrogen-bond acceptors (Lipinski definition) is 4. The summed E-state index contributed by atoms with van der Waals surface area (Å²) >= 11 is 0. The van der Waals surface area contributed by atoms with Crippen LogP contribution in [0.5, 0.6) is 11.5 Å². The van der Waals surface area contributed by atoms with Crippen molar-refractivity contribution in [3.63, 3.8) is 0 Å². The first-order chi connectivity index (χ1) is 10.3. The van der Waals surface area contributed by atoms with Crippen molar-refractivity contribution in [1.82, 2.24) is 4.98 Å². The minimum atomic E-state index is -0.426. The molecule has 1 aromatic heterocycles. The van der Waals surface area contributed by atoms with Crippen LogP contribution in [0.2, 0.25) is 0 Å². The zero-order valence-corrected chi connectivity index (χ0v) is 11.4. The monoisotopic (exact) mass is 279 g/mol. The SMILES string of the molecule is COc1ccc2ncccc2c1OC(=O)c1ccccc1. The van der Waals surface area contributed by atoms with Gasteiger partial charge in [0.25, 0.3) is 0 Å². The summed E-state index contributed by atoms with van der Waals surface area (Å²) in [6, 6.07) is 16.0. The first kappa shape index (κ1) is 13.1. The molecule has 4 nitrogen and oxygen atoms in total. The Morgan fingerprint density at radius 2 is 1.81 bits per heavy atom. The number of hydrogen-bond donors (Lipinski definition) is 0. The number of nitrogens with zero attached hydrogens (tertiary/aromatic N) is 1. The summed E-state index contributed by atoms with van der Waals surface area (Å²) in [6.45, 7) is 0. The van der Waals surface area contributed by atoms with Crippen molar-refractivity contribution in [2.75, 3.05) is 7.11 Å². The molecule has 0 aliphatic heterocycles. The van der Waals surface area contributed by atoms with E-state index in [0.29, 0.717) is 17.1 Å². The van der Waals surface area contributed by atoms with Crippen molar-refractivity contribution in [2.24, 2.45) is 0 Å². The van der Waals surface area contributed by atoms with Crippen LogP contribution in [0.3, 0.4) is 0 Å². The second-order valence-electron chi connectivity index (χ2n) is 4.42. The summed E-state index contributed by atoms with van der Waals surface area (Å²) in [4.78, 5) is 16.5. The first-order valence-electron chi connectivity index (χ1n) is 6.48. The molecule has 0 N–H and O–H groups in total. The van der Waals surface area contributed by atoms with Gasteiger partial charge in [-0.1, -0.05) is 18.2 Å². The van der Waals surface area contributed by atoms with Crippen molar-refractivity contribution < 1.29 is 14.3 Å². The Morgan fingerprint density at radius 1 is 1.00 bits per heavy atom. The summed E-state index contributed by atoms with van der Waals surface area (Å²) in [6.07, 6.45) is 1.69. The smallest absolute Gasteiger partial charge is 0.343 e. The summed E-state index contributed by atoms with van der Waals surface area (Å²) < 4.78 is 10.8. The highest BCUT2D eigenvalue weighted by Gasteiger charge is 2.15. The number of ether oxygens (including phenoxy) is 2. The molecule has 21 heavy (non-hydrogen) atoms. The Morgan fingerprint density at radius 3 is 2.57 bits per heavy atom. The highest BCUT2D eigenvalue weighted by molar-refractivity contribution is 5.95. The fourth-order valence-corrected chi connectivity index (χ4v) is 2.10. The molecule has 0 bridgehead atoms. The molecular formula is C17H13NO3. The predicted molar refractivity (Wildman–Crippen MR) is 79.7 cm³/mol. The number of rotatable bonds is 3. The lowest BCUT2D eigenvalue weighted by Gasteiger charge is -2.11. The van der Waals surface area contributed by atoms with Crippen LogP contribution in [0.25, 0.3) is 10.9 Å². The molecule has 0 atom stereocenters. The molecule has 0 radical (unpaired) electrons. The third-order valence-corrected chi connectivity index (χ3v) is 3.12. The molecule has 0 unspecified atom stereocenters. The van der Waals surface area contributed by atoms with E-state index in [1.54, 1.807) is 42.6 Å². The van der Waals surface area contributed by atoms with E-state index in [1.807, 2.05) is 18.2 Å². The van der Waals surface area contributed by atoms with Crippen LogP contribution in [0, 0.1) is 0 Å². The Kier molecular flexibility index (Phi) is 3.51. The standard InChI is InChI=1S/C17H13NO3/c1-20-15-10-9-14-13(8-5-11-18-14)16(15)21-17(19)12-6-3-2-4-7-12/h2-11H,1H3. The van der Waals surface area contributed by atoms with E-state index in [9.17, 15) is 4.79 Å². The van der Waals surface area contributed by atoms with Gasteiger partial charge in [0.05, 0.1) is 18.2 Å². The van der Waals surface area contributed by atoms with Crippen molar-refractivity contribution in [3.05, 3.63) is 66.4 Å². The van der Waals surface area contributed by atoms with Crippen LogP contribution in [0.1, 0.15) is 10.4 Å². The number of benzene rings is 2. The molecule has 2 aromatic carbocycles. The van der Waals surface area contributed by atoms with Gasteiger partial charge in [-0.15, -0.1) is 0 Å². The Balaban J connectivity index is 2.05. The zero-order valence-electron chi connectivity index (χ0n) is 11.4. The summed E-state index contributed by atoms with van der Waals surface area (Å²) in [5.74, 6) is 0.460. The van der Waals surface area contributed by atoms with Gasteiger partial charge in [0, 0.05) is 11.6 Å². The molecule has 1 heterocycles. The lowest BCUT2D eigenvalue weighted by atomic mass is 10.2. The zero-order chi connectivity index (χ0) is 14.7. The number of pyridine rings is 1. The summed E-state index contributed by atoms with van der Waals surface area (Å²) in [5.41, 5.74) is 1.23. The number of fused-ring (bicyclic) bond motifs is 1. The third kappa shape index (κ3) is 2.56. The van der Waals surface area contributed by atoms with Gasteiger partial charge in [0.1, 0.15) is 0 Å². The van der Waals surface area contributed by atoms with Crippen molar-refractivity contribution >= 4 is 16.9 Å². The lowest BCUT2D eigenvalue weighted by molar-refractivity contribution is 0.0732. The quantitative estimate of drug-likeness (QED) is 0.544. The van der Waals surface area contributed by atoms with E-state index >= 15 is 0 Å². The van der Waals surface area contributed by atoms with Gasteiger partial charge in [-0.05, 0) is 36.4 Å². The average Bonchev–Trinajstić information content (AvgIpc) is 2.56. The van der Waals surface area contributed by atoms with E-state index in [-0.39, 0.29) is 0 Å². The van der Waals surface area contributed by atoms with Gasteiger partial charge in [0.2, 0.25) is 0 Å². The summed E-state index contributed by atoms with van der Waals surface area (Å²) in [5, 5.41) is 0.737. The summed E-state index contributed by atoms with van der Waals surface area (Å²) in [7, 11) is 1.54. The molecule has 0 fully saturated rings. The van der Waals surface area contributed by atoms with Gasteiger partial charge in [-0.2, -0.15) is 0 Å². The van der Waals surface area contributed by atoms with Gasteiger partial charge in [-0.25, -0.2) is 4.79 Å². The molecule has 0 aliphatic rings. The van der Waals surface area contributed by atoms with Gasteiger partial charge in [-0.3, -0.25) is 4.98 Å². The topological polar surface area (TPSA) is 48.4 Å². The average molecular weight is 279 g/mol. The van der Waals surface area contributed by atoms with E-state index in [2.05, 4.69) is 4.98 Å². The highest BCUT2D eigenvalue weighted by Crippen LogP contribution is 2.35. The molecular weight excluding hydrogens is 266 g/mol. The first-order valence-corrected chi connectivity index (χ1v) is 6.48. The number of methoxy groups -OCH3 is 1. The third-order valence-electron chi connectivity index (χ3n) is 3.12. The fourth-order valence-electron chi connectivity index (χ4n) is 2.10. The molecule has 0 amide bonds. The number of carbonyl (C=O) groups is 1. The lowest BCUT2D eigenvalue weighted by Crippen LogP contribution is -2.09. The largest absolute Gasteiger partial charge is 0.493 e. The number of esters is 1. The van der Waals surface area contributed by atoms with Crippen LogP contribution in [-0.2, 0) is 0 Å². The molecule has 0 saturated carbocycles. The second kappa shape index (κ2) is 5.63. The van der Waals surface area contributed by atoms with Crippen LogP contribution in [-0.4, -0.2) is 18.1 Å². The maximum atomic E-state index is 12.2. The van der Waals surface area contributed by atoms with E-state index in [0.717, 1.165) is 10.9 Å². The van der Waals surface area contributed by atoms with Crippen LogP contribution < -0.4 is 9.47 Å². The van der Waals surface area contributed by atoms with E-state index in [4.69, 9.17) is 9.47 Å². The molecule has 3 aromatic rings. The van der Waals surface area contributed by atoms with E-state index in [1.165, 1.54) is 7.11 Å². The molecule has 104 valence electrons. The second-order valence-corrected chi connectivity index (χ2v) is 4.42. The predicted octanol–water partition coefficient (Wildman–Crippen LogP) is 3.46. The van der Waals surface area contributed by atoms with Crippen molar-refractivity contribution in [3.8, 4) is 11.5 Å². The van der Waals surface area contributed by atoms with E-state index < -0.39 is 5.97 Å². The molecule has 3 rings (SSSR count). The van der Waals surface area contributed by atoms with Crippen LogP contribution >= 0.6 is 0 Å². The Bertz CT molecular complexity index is 784. The fraction of sp³-hybridized carbons (Fsp3) is 0.0588. The molecule has 0 saturated heterocycles. The molecule has 0 aliphatic carbocycles. The maximum Gasteiger partial charge on any atom is 0.343 e. The minimum absolute atomic E-state index is 0.386. The normalized spacial score (nSPS) is 10.3. The Hall–Kier alpha value is -2.88. The van der Waals surface area contributed by atoms with Gasteiger partial charge >= 0.3 is 5.97 Å². The van der Waals surface area contributed by atoms with Crippen molar-refractivity contribution in [2.45, 2.75) is 0 Å². The number of carbonyl (C=O) groups excluding carboxylic acids is 1. The minimum Gasteiger partial charge on any atom is -0.493 e. The molecule has 4 heteroatoms. The maximum absolute atomic E-state index is 12.2. The van der Waals surface area contributed by atoms with Gasteiger partial charge in [0.15, 0.2) is 11.5 Å².